The molecule has 1 atom stereocenters. The highest BCUT2D eigenvalue weighted by atomic mass is 32.2. The number of sulfone groups is 1. The molecule has 0 bridgehead atoms. The number of H-pyrrole nitrogens is 1. The molecule has 0 aliphatic heterocycles. The Labute approximate surface area is 149 Å². The molecule has 0 saturated heterocycles. The van der Waals surface area contributed by atoms with Crippen molar-refractivity contribution in [2.75, 3.05) is 0 Å². The number of aromatic amines is 1. The number of benzene rings is 1. The van der Waals surface area contributed by atoms with Crippen molar-refractivity contribution in [1.29, 1.82) is 0 Å². The largest absolute Gasteiger partial charge is 0.352 e. The normalized spacial score (nSPS) is 13.4. The third-order valence-electron chi connectivity index (χ3n) is 4.29. The highest BCUT2D eigenvalue weighted by Crippen LogP contribution is 2.34. The molecular weight excluding hydrogens is 356 g/mol. The van der Waals surface area contributed by atoms with E-state index in [-0.39, 0.29) is 5.16 Å². The molecule has 1 aromatic carbocycles. The number of fused-ring (bicyclic) bond motifs is 1. The van der Waals surface area contributed by atoms with Gasteiger partial charge >= 0.3 is 0 Å². The lowest BCUT2D eigenvalue weighted by Crippen LogP contribution is -2.15. The lowest BCUT2D eigenvalue weighted by atomic mass is 10.1. The molecule has 4 aromatic rings. The van der Waals surface area contributed by atoms with Gasteiger partial charge in [-0.15, -0.1) is 11.3 Å². The average Bonchev–Trinajstić information content (AvgIpc) is 3.32. The van der Waals surface area contributed by atoms with Crippen molar-refractivity contribution < 1.29 is 8.42 Å². The molecule has 25 heavy (non-hydrogen) atoms. The Morgan fingerprint density at radius 1 is 1.24 bits per heavy atom. The number of aromatic nitrogens is 4. The monoisotopic (exact) mass is 372 g/mol. The van der Waals surface area contributed by atoms with E-state index < -0.39 is 15.1 Å². The van der Waals surface area contributed by atoms with E-state index in [0.29, 0.717) is 0 Å². The smallest absolute Gasteiger partial charge is 0.227 e. The Bertz CT molecular complexity index is 1140. The minimum Gasteiger partial charge on any atom is -0.352 e. The van der Waals surface area contributed by atoms with Crippen LogP contribution in [0.3, 0.4) is 0 Å². The van der Waals surface area contributed by atoms with E-state index in [1.807, 2.05) is 29.6 Å². The Kier molecular flexibility index (Phi) is 3.73. The van der Waals surface area contributed by atoms with Crippen LogP contribution in [0.2, 0.25) is 0 Å². The molecule has 6 nitrogen and oxygen atoms in total. The van der Waals surface area contributed by atoms with Crippen molar-refractivity contribution in [1.82, 2.24) is 19.5 Å². The minimum atomic E-state index is -3.60. The Hall–Kier alpha value is -2.45. The zero-order valence-electron chi connectivity index (χ0n) is 13.7. The van der Waals surface area contributed by atoms with Crippen molar-refractivity contribution in [3.63, 3.8) is 0 Å². The van der Waals surface area contributed by atoms with Gasteiger partial charge < -0.3 is 9.55 Å². The van der Waals surface area contributed by atoms with Gasteiger partial charge in [0.2, 0.25) is 15.0 Å². The maximum atomic E-state index is 13.0. The van der Waals surface area contributed by atoms with Crippen molar-refractivity contribution >= 4 is 32.1 Å². The number of aryl methyl sites for hydroxylation is 1. The van der Waals surface area contributed by atoms with Gasteiger partial charge in [-0.2, -0.15) is 0 Å². The number of para-hydroxylation sites is 1. The van der Waals surface area contributed by atoms with E-state index in [4.69, 9.17) is 0 Å². The second-order valence-corrected chi connectivity index (χ2v) is 8.90. The fourth-order valence-electron chi connectivity index (χ4n) is 2.94. The Morgan fingerprint density at radius 2 is 2.08 bits per heavy atom. The lowest BCUT2D eigenvalue weighted by Gasteiger charge is -2.14. The van der Waals surface area contributed by atoms with Gasteiger partial charge in [-0.1, -0.05) is 18.2 Å². The van der Waals surface area contributed by atoms with Crippen molar-refractivity contribution in [3.8, 4) is 10.7 Å². The molecule has 0 amide bonds. The van der Waals surface area contributed by atoms with Gasteiger partial charge in [0.25, 0.3) is 0 Å². The highest BCUT2D eigenvalue weighted by molar-refractivity contribution is 7.91. The van der Waals surface area contributed by atoms with Crippen molar-refractivity contribution in [2.24, 2.45) is 7.05 Å². The van der Waals surface area contributed by atoms with Gasteiger partial charge in [-0.3, -0.25) is 0 Å². The van der Waals surface area contributed by atoms with E-state index in [1.165, 1.54) is 22.1 Å². The number of nitrogens with one attached hydrogen (secondary N) is 1. The van der Waals surface area contributed by atoms with E-state index in [2.05, 4.69) is 15.0 Å². The van der Waals surface area contributed by atoms with E-state index >= 15 is 0 Å². The van der Waals surface area contributed by atoms with E-state index in [9.17, 15) is 8.42 Å². The van der Waals surface area contributed by atoms with Crippen molar-refractivity contribution in [3.05, 3.63) is 53.8 Å². The van der Waals surface area contributed by atoms with Gasteiger partial charge in [0.1, 0.15) is 5.01 Å². The third-order valence-corrected chi connectivity index (χ3v) is 7.18. The van der Waals surface area contributed by atoms with Crippen molar-refractivity contribution in [2.45, 2.75) is 17.3 Å². The summed E-state index contributed by atoms with van der Waals surface area (Å²) >= 11 is 1.54. The molecule has 0 spiro atoms. The Balaban J connectivity index is 1.85. The molecule has 8 heteroatoms. The minimum absolute atomic E-state index is 0.0729. The average molecular weight is 372 g/mol. The molecule has 0 radical (unpaired) electrons. The molecule has 0 saturated carbocycles. The van der Waals surface area contributed by atoms with Crippen LogP contribution in [0.1, 0.15) is 17.7 Å². The number of imidazole rings is 1. The fraction of sp³-hybridized carbons (Fsp3) is 0.176. The zero-order valence-corrected chi connectivity index (χ0v) is 15.3. The quantitative estimate of drug-likeness (QED) is 0.594. The van der Waals surface area contributed by atoms with Crippen LogP contribution in [-0.2, 0) is 16.9 Å². The van der Waals surface area contributed by atoms with E-state index in [1.54, 1.807) is 26.4 Å². The number of nitrogens with zero attached hydrogens (tertiary/aromatic N) is 3. The summed E-state index contributed by atoms with van der Waals surface area (Å²) in [5.41, 5.74) is 2.43. The molecule has 0 fully saturated rings. The zero-order chi connectivity index (χ0) is 17.6. The predicted molar refractivity (Wildman–Crippen MR) is 98.2 cm³/mol. The molecule has 0 aliphatic carbocycles. The van der Waals surface area contributed by atoms with Crippen LogP contribution in [0.5, 0.6) is 0 Å². The standard InChI is InChI=1S/C17H16N4O2S2/c1-11(25(22,23)17-19-6-8-21(17)2)13-5-3-4-12-10-14(20-15(12)13)16-18-7-9-24-16/h3-11,20H,1-2H3. The summed E-state index contributed by atoms with van der Waals surface area (Å²) in [6, 6.07) is 7.68. The van der Waals surface area contributed by atoms with Crippen LogP contribution in [-0.4, -0.2) is 27.9 Å². The maximum Gasteiger partial charge on any atom is 0.227 e. The molecule has 3 heterocycles. The lowest BCUT2D eigenvalue weighted by molar-refractivity contribution is 0.569. The number of hydrogen-bond acceptors (Lipinski definition) is 5. The van der Waals surface area contributed by atoms with Crippen LogP contribution < -0.4 is 0 Å². The first-order valence-corrected chi connectivity index (χ1v) is 10.1. The summed E-state index contributed by atoms with van der Waals surface area (Å²) in [4.78, 5) is 11.7. The molecule has 128 valence electrons. The van der Waals surface area contributed by atoms with Crippen LogP contribution >= 0.6 is 11.3 Å². The first-order chi connectivity index (χ1) is 12.0. The molecule has 3 aromatic heterocycles. The molecule has 1 N–H and O–H groups in total. The van der Waals surface area contributed by atoms with E-state index in [0.717, 1.165) is 27.2 Å². The maximum absolute atomic E-state index is 13.0. The van der Waals surface area contributed by atoms with Crippen LogP contribution in [0.4, 0.5) is 0 Å². The van der Waals surface area contributed by atoms with Gasteiger partial charge in [0, 0.05) is 36.4 Å². The van der Waals surface area contributed by atoms with Crippen LogP contribution in [0.15, 0.2) is 53.4 Å². The molecule has 0 aliphatic rings. The van der Waals surface area contributed by atoms with Gasteiger partial charge in [-0.25, -0.2) is 18.4 Å². The summed E-state index contributed by atoms with van der Waals surface area (Å²) in [5.74, 6) is 0. The highest BCUT2D eigenvalue weighted by Gasteiger charge is 2.30. The number of rotatable bonds is 4. The second-order valence-electron chi connectivity index (χ2n) is 5.84. The van der Waals surface area contributed by atoms with Gasteiger partial charge in [0.05, 0.1) is 16.5 Å². The van der Waals surface area contributed by atoms with Gasteiger partial charge in [-0.05, 0) is 18.6 Å². The van der Waals surface area contributed by atoms with Crippen LogP contribution in [0.25, 0.3) is 21.6 Å². The first-order valence-electron chi connectivity index (χ1n) is 7.71. The number of thiazole rings is 1. The SMILES string of the molecule is CC(c1cccc2cc(-c3nccs3)[nH]c12)S(=O)(=O)c1nccn1C. The fourth-order valence-corrected chi connectivity index (χ4v) is 5.07. The second kappa shape index (κ2) is 5.82. The number of hydrogen-bond donors (Lipinski definition) is 1. The Morgan fingerprint density at radius 3 is 2.76 bits per heavy atom. The van der Waals surface area contributed by atoms with Crippen LogP contribution in [0, 0.1) is 0 Å². The first kappa shape index (κ1) is 16.0. The summed E-state index contributed by atoms with van der Waals surface area (Å²) in [6.45, 7) is 1.70. The topological polar surface area (TPSA) is 80.6 Å². The summed E-state index contributed by atoms with van der Waals surface area (Å²) < 4.78 is 27.5. The third kappa shape index (κ3) is 2.58. The summed E-state index contributed by atoms with van der Waals surface area (Å²) in [6.07, 6.45) is 4.88. The molecule has 4 rings (SSSR count). The summed E-state index contributed by atoms with van der Waals surface area (Å²) in [7, 11) is -1.91. The summed E-state index contributed by atoms with van der Waals surface area (Å²) in [5, 5.41) is 3.10. The molecule has 1 unspecified atom stereocenters. The van der Waals surface area contributed by atoms with Gasteiger partial charge in [0.15, 0.2) is 0 Å². The molecular formula is C17H16N4O2S2. The predicted octanol–water partition coefficient (Wildman–Crippen LogP) is 3.56.